The molecule has 0 saturated carbocycles. The molecule has 6 heteroatoms. The van der Waals surface area contributed by atoms with E-state index in [-0.39, 0.29) is 18.8 Å². The highest BCUT2D eigenvalue weighted by Gasteiger charge is 2.13. The normalized spacial score (nSPS) is 9.80. The molecule has 0 spiro atoms. The van der Waals surface area contributed by atoms with Crippen molar-refractivity contribution in [1.82, 2.24) is 15.0 Å². The Labute approximate surface area is 116 Å². The molecule has 0 fully saturated rings. The second kappa shape index (κ2) is 5.85. The van der Waals surface area contributed by atoms with Crippen LogP contribution in [0, 0.1) is 36.5 Å². The fraction of sp³-hybridized carbons (Fsp3) is 0.286. The summed E-state index contributed by atoms with van der Waals surface area (Å²) in [6, 6.07) is 9.71. The number of aromatic nitrogens is 3. The van der Waals surface area contributed by atoms with Gasteiger partial charge in [0.05, 0.1) is 6.07 Å². The van der Waals surface area contributed by atoms with Crippen LogP contribution < -0.4 is 4.74 Å². The number of nitriles is 2. The van der Waals surface area contributed by atoms with Crippen molar-refractivity contribution in [3.8, 4) is 17.9 Å². The van der Waals surface area contributed by atoms with Gasteiger partial charge in [0.15, 0.2) is 5.69 Å². The summed E-state index contributed by atoms with van der Waals surface area (Å²) in [6.45, 7) is 4.17. The number of aryl methyl sites for hydroxylation is 1. The Balaban J connectivity index is 2.23. The van der Waals surface area contributed by atoms with Crippen molar-refractivity contribution in [3.05, 3.63) is 40.7 Å². The molecule has 0 bridgehead atoms. The van der Waals surface area contributed by atoms with Crippen molar-refractivity contribution >= 4 is 0 Å². The summed E-state index contributed by atoms with van der Waals surface area (Å²) in [7, 11) is 0. The molecule has 1 aromatic carbocycles. The molecule has 0 aliphatic carbocycles. The Morgan fingerprint density at radius 3 is 2.80 bits per heavy atom. The van der Waals surface area contributed by atoms with E-state index in [4.69, 9.17) is 15.3 Å². The molecule has 2 rings (SSSR count). The average molecular weight is 267 g/mol. The van der Waals surface area contributed by atoms with Gasteiger partial charge in [0.2, 0.25) is 0 Å². The van der Waals surface area contributed by atoms with Crippen molar-refractivity contribution in [2.24, 2.45) is 0 Å². The zero-order chi connectivity index (χ0) is 14.5. The number of benzene rings is 1. The summed E-state index contributed by atoms with van der Waals surface area (Å²) >= 11 is 0. The van der Waals surface area contributed by atoms with Crippen LogP contribution in [0.3, 0.4) is 0 Å². The molecule has 0 atom stereocenters. The SMILES string of the molecule is Cc1cccc(OCc2c(C#N)nnn2CC#N)c1C. The first-order chi connectivity index (χ1) is 9.67. The van der Waals surface area contributed by atoms with Crippen LogP contribution in [0.25, 0.3) is 0 Å². The maximum absolute atomic E-state index is 8.99. The highest BCUT2D eigenvalue weighted by atomic mass is 16.5. The van der Waals surface area contributed by atoms with Crippen molar-refractivity contribution in [3.63, 3.8) is 0 Å². The number of nitrogens with zero attached hydrogens (tertiary/aromatic N) is 5. The van der Waals surface area contributed by atoms with Gasteiger partial charge >= 0.3 is 0 Å². The van der Waals surface area contributed by atoms with Crippen LogP contribution in [-0.2, 0) is 13.2 Å². The van der Waals surface area contributed by atoms with Crippen LogP contribution in [0.1, 0.15) is 22.5 Å². The molecule has 6 nitrogen and oxygen atoms in total. The van der Waals surface area contributed by atoms with Gasteiger partial charge in [0, 0.05) is 0 Å². The minimum absolute atomic E-state index is 0.0418. The highest BCUT2D eigenvalue weighted by molar-refractivity contribution is 5.38. The van der Waals surface area contributed by atoms with Gasteiger partial charge in [-0.2, -0.15) is 10.5 Å². The first kappa shape index (κ1) is 13.6. The van der Waals surface area contributed by atoms with E-state index < -0.39 is 0 Å². The van der Waals surface area contributed by atoms with Crippen LogP contribution in [0.15, 0.2) is 18.2 Å². The minimum atomic E-state index is 0.0418. The van der Waals surface area contributed by atoms with Gasteiger partial charge in [-0.3, -0.25) is 0 Å². The lowest BCUT2D eigenvalue weighted by molar-refractivity contribution is 0.291. The molecule has 0 radical (unpaired) electrons. The standard InChI is InChI=1S/C14H13N5O/c1-10-4-3-5-14(11(10)2)20-9-13-12(8-16)17-18-19(13)7-6-15/h3-5H,7,9H2,1-2H3. The van der Waals surface area contributed by atoms with Crippen molar-refractivity contribution < 1.29 is 4.74 Å². The molecular formula is C14H13N5O. The first-order valence-corrected chi connectivity index (χ1v) is 6.05. The number of hydrogen-bond acceptors (Lipinski definition) is 5. The van der Waals surface area contributed by atoms with Gasteiger partial charge in [-0.15, -0.1) is 5.10 Å². The number of ether oxygens (including phenoxy) is 1. The molecule has 1 heterocycles. The maximum Gasteiger partial charge on any atom is 0.189 e. The van der Waals surface area contributed by atoms with Crippen molar-refractivity contribution in [2.75, 3.05) is 0 Å². The number of hydrogen-bond donors (Lipinski definition) is 0. The van der Waals surface area contributed by atoms with Crippen LogP contribution in [0.5, 0.6) is 5.75 Å². The lowest BCUT2D eigenvalue weighted by Gasteiger charge is -2.11. The maximum atomic E-state index is 8.99. The Morgan fingerprint density at radius 2 is 2.10 bits per heavy atom. The molecule has 20 heavy (non-hydrogen) atoms. The zero-order valence-corrected chi connectivity index (χ0v) is 11.3. The second-order valence-corrected chi connectivity index (χ2v) is 4.30. The van der Waals surface area contributed by atoms with E-state index in [0.29, 0.717) is 5.69 Å². The van der Waals surface area contributed by atoms with E-state index in [1.54, 1.807) is 0 Å². The molecule has 0 aliphatic rings. The zero-order valence-electron chi connectivity index (χ0n) is 11.3. The lowest BCUT2D eigenvalue weighted by Crippen LogP contribution is -2.08. The minimum Gasteiger partial charge on any atom is -0.487 e. The third-order valence-electron chi connectivity index (χ3n) is 3.08. The van der Waals surface area contributed by atoms with Gasteiger partial charge in [0.25, 0.3) is 0 Å². The summed E-state index contributed by atoms with van der Waals surface area (Å²) in [5.74, 6) is 0.749. The predicted molar refractivity (Wildman–Crippen MR) is 70.6 cm³/mol. The molecule has 0 unspecified atom stereocenters. The Hall–Kier alpha value is -2.86. The Morgan fingerprint density at radius 1 is 1.30 bits per heavy atom. The molecule has 0 N–H and O–H groups in total. The fourth-order valence-electron chi connectivity index (χ4n) is 1.78. The molecule has 1 aromatic heterocycles. The molecule has 2 aromatic rings. The topological polar surface area (TPSA) is 87.5 Å². The van der Waals surface area contributed by atoms with E-state index in [9.17, 15) is 0 Å². The summed E-state index contributed by atoms with van der Waals surface area (Å²) in [4.78, 5) is 0. The first-order valence-electron chi connectivity index (χ1n) is 6.05. The van der Waals surface area contributed by atoms with E-state index >= 15 is 0 Å². The quantitative estimate of drug-likeness (QED) is 0.843. The van der Waals surface area contributed by atoms with Crippen LogP contribution in [-0.4, -0.2) is 15.0 Å². The van der Waals surface area contributed by atoms with Gasteiger partial charge < -0.3 is 4.74 Å². The van der Waals surface area contributed by atoms with E-state index in [1.165, 1.54) is 4.68 Å². The number of rotatable bonds is 4. The average Bonchev–Trinajstić information content (AvgIpc) is 2.83. The van der Waals surface area contributed by atoms with Crippen LogP contribution in [0.2, 0.25) is 0 Å². The monoisotopic (exact) mass is 267 g/mol. The molecular weight excluding hydrogens is 254 g/mol. The van der Waals surface area contributed by atoms with Crippen molar-refractivity contribution in [1.29, 1.82) is 10.5 Å². The summed E-state index contributed by atoms with van der Waals surface area (Å²) in [5.41, 5.74) is 2.87. The lowest BCUT2D eigenvalue weighted by atomic mass is 10.1. The van der Waals surface area contributed by atoms with Gasteiger partial charge in [-0.05, 0) is 31.0 Å². The summed E-state index contributed by atoms with van der Waals surface area (Å²) in [5, 5.41) is 25.2. The smallest absolute Gasteiger partial charge is 0.189 e. The Bertz CT molecular complexity index is 705. The summed E-state index contributed by atoms with van der Waals surface area (Å²) < 4.78 is 7.11. The van der Waals surface area contributed by atoms with Crippen molar-refractivity contribution in [2.45, 2.75) is 27.0 Å². The largest absolute Gasteiger partial charge is 0.487 e. The predicted octanol–water partition coefficient (Wildman–Crippen LogP) is 1.87. The van der Waals surface area contributed by atoms with Gasteiger partial charge in [0.1, 0.15) is 30.7 Å². The van der Waals surface area contributed by atoms with Gasteiger partial charge in [-0.25, -0.2) is 4.68 Å². The molecule has 0 amide bonds. The fourth-order valence-corrected chi connectivity index (χ4v) is 1.78. The third kappa shape index (κ3) is 2.60. The third-order valence-corrected chi connectivity index (χ3v) is 3.08. The molecule has 0 saturated heterocycles. The van der Waals surface area contributed by atoms with E-state index in [0.717, 1.165) is 16.9 Å². The van der Waals surface area contributed by atoms with Crippen LogP contribution >= 0.6 is 0 Å². The van der Waals surface area contributed by atoms with Gasteiger partial charge in [-0.1, -0.05) is 17.3 Å². The summed E-state index contributed by atoms with van der Waals surface area (Å²) in [6.07, 6.45) is 0. The van der Waals surface area contributed by atoms with E-state index in [2.05, 4.69) is 10.3 Å². The second-order valence-electron chi connectivity index (χ2n) is 4.30. The molecule has 100 valence electrons. The molecule has 0 aliphatic heterocycles. The Kier molecular flexibility index (Phi) is 3.97. The highest BCUT2D eigenvalue weighted by Crippen LogP contribution is 2.22. The van der Waals surface area contributed by atoms with Crippen LogP contribution in [0.4, 0.5) is 0 Å². The van der Waals surface area contributed by atoms with E-state index in [1.807, 2.05) is 44.2 Å².